The zero-order valence-electron chi connectivity index (χ0n) is 13.0. The molecule has 22 heavy (non-hydrogen) atoms. The summed E-state index contributed by atoms with van der Waals surface area (Å²) in [5.74, 6) is 0.801. The Hall–Kier alpha value is -1.34. The second-order valence-corrected chi connectivity index (χ2v) is 5.13. The van der Waals surface area contributed by atoms with Crippen molar-refractivity contribution in [3.63, 3.8) is 0 Å². The lowest BCUT2D eigenvalue weighted by molar-refractivity contribution is -0.124. The van der Waals surface area contributed by atoms with Gasteiger partial charge >= 0.3 is 0 Å². The Morgan fingerprint density at radius 2 is 2.05 bits per heavy atom. The topological polar surface area (TPSA) is 74.4 Å². The first-order chi connectivity index (χ1) is 10.3. The first-order valence-corrected chi connectivity index (χ1v) is 7.31. The van der Waals surface area contributed by atoms with E-state index in [1.165, 1.54) is 0 Å². The van der Waals surface area contributed by atoms with E-state index in [-0.39, 0.29) is 30.3 Å². The molecule has 6 nitrogen and oxygen atoms in total. The molecular weight excluding hydrogens is 304 g/mol. The van der Waals surface area contributed by atoms with Crippen molar-refractivity contribution in [2.75, 3.05) is 33.8 Å². The molecule has 0 aromatic heterocycles. The molecular formula is C15H25ClN4O2. The van der Waals surface area contributed by atoms with Crippen LogP contribution in [0.3, 0.4) is 0 Å². The van der Waals surface area contributed by atoms with Crippen LogP contribution in [0.1, 0.15) is 18.0 Å². The number of methoxy groups -OCH3 is 1. The maximum Gasteiger partial charge on any atom is 0.226 e. The minimum atomic E-state index is -0.104. The van der Waals surface area contributed by atoms with Crippen molar-refractivity contribution in [1.82, 2.24) is 21.5 Å². The van der Waals surface area contributed by atoms with Crippen LogP contribution in [0.15, 0.2) is 24.3 Å². The predicted molar refractivity (Wildman–Crippen MR) is 89.2 cm³/mol. The molecule has 1 aromatic rings. The molecule has 1 saturated heterocycles. The van der Waals surface area contributed by atoms with Crippen LogP contribution in [-0.2, 0) is 4.79 Å². The maximum atomic E-state index is 12.3. The Morgan fingerprint density at radius 1 is 1.32 bits per heavy atom. The molecule has 0 bridgehead atoms. The van der Waals surface area contributed by atoms with Gasteiger partial charge in [-0.3, -0.25) is 10.2 Å². The van der Waals surface area contributed by atoms with E-state index in [0.29, 0.717) is 13.1 Å². The number of carbonyl (C=O) groups is 1. The van der Waals surface area contributed by atoms with Gasteiger partial charge in [-0.2, -0.15) is 0 Å². The molecule has 0 saturated carbocycles. The van der Waals surface area contributed by atoms with Crippen LogP contribution in [0.5, 0.6) is 5.75 Å². The summed E-state index contributed by atoms with van der Waals surface area (Å²) in [6.07, 6.45) is 0.934. The summed E-state index contributed by atoms with van der Waals surface area (Å²) >= 11 is 0. The van der Waals surface area contributed by atoms with Crippen molar-refractivity contribution >= 4 is 18.3 Å². The van der Waals surface area contributed by atoms with E-state index in [2.05, 4.69) is 21.5 Å². The van der Waals surface area contributed by atoms with Gasteiger partial charge in [0, 0.05) is 13.1 Å². The number of ether oxygens (including phenoxy) is 1. The summed E-state index contributed by atoms with van der Waals surface area (Å²) in [4.78, 5) is 12.3. The molecule has 0 aliphatic carbocycles. The van der Waals surface area contributed by atoms with Crippen LogP contribution in [0.4, 0.5) is 0 Å². The zero-order valence-corrected chi connectivity index (χ0v) is 13.8. The number of amides is 1. The quantitative estimate of drug-likeness (QED) is 0.552. The molecule has 1 heterocycles. The van der Waals surface area contributed by atoms with Gasteiger partial charge in [0.2, 0.25) is 5.91 Å². The van der Waals surface area contributed by atoms with Gasteiger partial charge in [-0.25, -0.2) is 5.43 Å². The Morgan fingerprint density at radius 3 is 2.68 bits per heavy atom. The maximum absolute atomic E-state index is 12.3. The molecule has 124 valence electrons. The fourth-order valence-electron chi connectivity index (χ4n) is 2.48. The average molecular weight is 329 g/mol. The van der Waals surface area contributed by atoms with E-state index >= 15 is 0 Å². The van der Waals surface area contributed by atoms with Crippen molar-refractivity contribution in [1.29, 1.82) is 0 Å². The standard InChI is InChI=1S/C15H24N4O2.ClH/c1-16-8-3-9-17-15(20)13-10-18-19-14(13)11-4-6-12(21-2)7-5-11;/h4-7,13-14,16,18-19H,3,8-10H2,1-2H3,(H,17,20);1H. The molecule has 7 heteroatoms. The van der Waals surface area contributed by atoms with E-state index < -0.39 is 0 Å². The predicted octanol–water partition coefficient (Wildman–Crippen LogP) is 0.608. The van der Waals surface area contributed by atoms with Gasteiger partial charge in [0.15, 0.2) is 0 Å². The Balaban J connectivity index is 0.00000242. The zero-order chi connectivity index (χ0) is 15.1. The average Bonchev–Trinajstić information content (AvgIpc) is 3.01. The lowest BCUT2D eigenvalue weighted by Crippen LogP contribution is -2.36. The highest BCUT2D eigenvalue weighted by Crippen LogP contribution is 2.26. The van der Waals surface area contributed by atoms with Crippen LogP contribution in [0.25, 0.3) is 0 Å². The van der Waals surface area contributed by atoms with Crippen molar-refractivity contribution in [3.05, 3.63) is 29.8 Å². The van der Waals surface area contributed by atoms with Gasteiger partial charge in [0.1, 0.15) is 5.75 Å². The van der Waals surface area contributed by atoms with Crippen molar-refractivity contribution in [2.45, 2.75) is 12.5 Å². The minimum absolute atomic E-state index is 0. The van der Waals surface area contributed by atoms with Crippen molar-refractivity contribution < 1.29 is 9.53 Å². The highest BCUT2D eigenvalue weighted by molar-refractivity contribution is 5.85. The molecule has 1 aromatic carbocycles. The molecule has 1 fully saturated rings. The molecule has 0 spiro atoms. The van der Waals surface area contributed by atoms with E-state index in [0.717, 1.165) is 24.3 Å². The largest absolute Gasteiger partial charge is 0.497 e. The van der Waals surface area contributed by atoms with Crippen molar-refractivity contribution in [3.8, 4) is 5.75 Å². The van der Waals surface area contributed by atoms with Crippen LogP contribution in [0, 0.1) is 5.92 Å². The van der Waals surface area contributed by atoms with Crippen LogP contribution >= 0.6 is 12.4 Å². The Bertz CT molecular complexity index is 455. The normalized spacial score (nSPS) is 20.3. The molecule has 1 aliphatic rings. The molecule has 2 unspecified atom stereocenters. The summed E-state index contributed by atoms with van der Waals surface area (Å²) < 4.78 is 5.16. The van der Waals surface area contributed by atoms with Gasteiger partial charge in [-0.1, -0.05) is 12.1 Å². The van der Waals surface area contributed by atoms with E-state index in [4.69, 9.17) is 4.74 Å². The van der Waals surface area contributed by atoms with Crippen LogP contribution in [0.2, 0.25) is 0 Å². The van der Waals surface area contributed by atoms with Gasteiger partial charge in [0.05, 0.1) is 19.1 Å². The van der Waals surface area contributed by atoms with Crippen molar-refractivity contribution in [2.24, 2.45) is 5.92 Å². The molecule has 1 amide bonds. The van der Waals surface area contributed by atoms with E-state index in [1.807, 2.05) is 31.3 Å². The number of halogens is 1. The minimum Gasteiger partial charge on any atom is -0.497 e. The molecule has 2 rings (SSSR count). The monoisotopic (exact) mass is 328 g/mol. The third kappa shape index (κ3) is 4.84. The molecule has 4 N–H and O–H groups in total. The lowest BCUT2D eigenvalue weighted by Gasteiger charge is -2.18. The molecule has 0 radical (unpaired) electrons. The number of hydrazine groups is 1. The van der Waals surface area contributed by atoms with Gasteiger partial charge in [0.25, 0.3) is 0 Å². The highest BCUT2D eigenvalue weighted by Gasteiger charge is 2.33. The summed E-state index contributed by atoms with van der Waals surface area (Å²) in [5, 5.41) is 6.07. The number of rotatable bonds is 7. The van der Waals surface area contributed by atoms with Gasteiger partial charge in [-0.05, 0) is 37.7 Å². The second-order valence-electron chi connectivity index (χ2n) is 5.13. The first kappa shape index (κ1) is 18.7. The number of hydrogen-bond donors (Lipinski definition) is 4. The van der Waals surface area contributed by atoms with E-state index in [9.17, 15) is 4.79 Å². The highest BCUT2D eigenvalue weighted by atomic mass is 35.5. The van der Waals surface area contributed by atoms with Gasteiger partial charge in [-0.15, -0.1) is 12.4 Å². The SMILES string of the molecule is CNCCCNC(=O)C1CNNC1c1ccc(OC)cc1.Cl. The summed E-state index contributed by atoms with van der Waals surface area (Å²) in [6.45, 7) is 2.24. The summed E-state index contributed by atoms with van der Waals surface area (Å²) in [6, 6.07) is 7.80. The fourth-order valence-corrected chi connectivity index (χ4v) is 2.48. The van der Waals surface area contributed by atoms with Crippen LogP contribution in [-0.4, -0.2) is 39.7 Å². The van der Waals surface area contributed by atoms with E-state index in [1.54, 1.807) is 7.11 Å². The smallest absolute Gasteiger partial charge is 0.226 e. The molecule has 1 aliphatic heterocycles. The van der Waals surface area contributed by atoms with Crippen LogP contribution < -0.4 is 26.2 Å². The van der Waals surface area contributed by atoms with Gasteiger partial charge < -0.3 is 15.4 Å². The molecule has 2 atom stereocenters. The first-order valence-electron chi connectivity index (χ1n) is 7.31. The number of carbonyl (C=O) groups excluding carboxylic acids is 1. The summed E-state index contributed by atoms with van der Waals surface area (Å²) in [5.41, 5.74) is 7.34. The third-order valence-electron chi connectivity index (χ3n) is 3.70. The fraction of sp³-hybridized carbons (Fsp3) is 0.533. The Labute approximate surface area is 137 Å². The number of nitrogens with one attached hydrogen (secondary N) is 4. The second kappa shape index (κ2) is 9.63. The summed E-state index contributed by atoms with van der Waals surface area (Å²) in [7, 11) is 3.55. The lowest BCUT2D eigenvalue weighted by atomic mass is 9.94. The number of hydrogen-bond acceptors (Lipinski definition) is 5. The Kier molecular flexibility index (Phi) is 8.19. The number of benzene rings is 1. The third-order valence-corrected chi connectivity index (χ3v) is 3.70.